The van der Waals surface area contributed by atoms with Crippen molar-refractivity contribution in [3.05, 3.63) is 11.6 Å². The van der Waals surface area contributed by atoms with Crippen molar-refractivity contribution in [3.8, 4) is 0 Å². The van der Waals surface area contributed by atoms with Crippen molar-refractivity contribution < 1.29 is 14.3 Å². The number of fused-ring (bicyclic) bond motifs is 5. The minimum atomic E-state index is -0.227. The van der Waals surface area contributed by atoms with E-state index in [1.54, 1.807) is 6.08 Å². The summed E-state index contributed by atoms with van der Waals surface area (Å²) in [7, 11) is 4.48. The van der Waals surface area contributed by atoms with Gasteiger partial charge in [0.15, 0.2) is 0 Å². The van der Waals surface area contributed by atoms with E-state index in [-0.39, 0.29) is 29.4 Å². The van der Waals surface area contributed by atoms with Crippen LogP contribution in [0.1, 0.15) is 92.9 Å². The van der Waals surface area contributed by atoms with Gasteiger partial charge in [0.1, 0.15) is 6.10 Å². The summed E-state index contributed by atoms with van der Waals surface area (Å²) in [5, 5.41) is 3.20. The lowest BCUT2D eigenvalue weighted by atomic mass is 9.44. The fourth-order valence-electron chi connectivity index (χ4n) is 9.50. The molecule has 10 atom stereocenters. The minimum Gasteiger partial charge on any atom is -0.460 e. The molecule has 0 radical (unpaired) electrons. The molecule has 0 bridgehead atoms. The molecule has 4 rings (SSSR count). The SMILES string of the molecule is CC(=O)O[C@@H]1C2CCC3C(CC[C@@]4(C)C3CC[C@@H]4C(C)N(C)C)[C@@]2(C)CC[C@@H]1NC(=O)C=C(C)C. The number of esters is 1. The molecule has 0 spiro atoms. The molecule has 35 heavy (non-hydrogen) atoms. The van der Waals surface area contributed by atoms with Gasteiger partial charge in [-0.1, -0.05) is 19.4 Å². The van der Waals surface area contributed by atoms with Crippen molar-refractivity contribution in [3.63, 3.8) is 0 Å². The van der Waals surface area contributed by atoms with Gasteiger partial charge >= 0.3 is 5.97 Å². The van der Waals surface area contributed by atoms with Gasteiger partial charge in [-0.3, -0.25) is 9.59 Å². The number of hydrogen-bond acceptors (Lipinski definition) is 4. The third-order valence-corrected chi connectivity index (χ3v) is 11.2. The van der Waals surface area contributed by atoms with Crippen molar-refractivity contribution in [1.29, 1.82) is 0 Å². The van der Waals surface area contributed by atoms with Crippen LogP contribution in [0.25, 0.3) is 0 Å². The molecule has 0 saturated heterocycles. The molecule has 4 aliphatic carbocycles. The molecule has 4 fully saturated rings. The maximum absolute atomic E-state index is 12.6. The van der Waals surface area contributed by atoms with E-state index in [9.17, 15) is 9.59 Å². The number of hydrogen-bond donors (Lipinski definition) is 1. The molecule has 5 heteroatoms. The zero-order valence-electron chi connectivity index (χ0n) is 23.5. The number of nitrogens with zero attached hydrogens (tertiary/aromatic N) is 1. The van der Waals surface area contributed by atoms with Crippen molar-refractivity contribution >= 4 is 11.9 Å². The molecule has 4 aliphatic rings. The maximum atomic E-state index is 12.6. The first-order valence-corrected chi connectivity index (χ1v) is 14.2. The Bertz CT molecular complexity index is 849. The summed E-state index contributed by atoms with van der Waals surface area (Å²) in [6.45, 7) is 12.9. The minimum absolute atomic E-state index is 0.0649. The van der Waals surface area contributed by atoms with Crippen LogP contribution in [-0.4, -0.2) is 49.1 Å². The summed E-state index contributed by atoms with van der Waals surface area (Å²) >= 11 is 0. The van der Waals surface area contributed by atoms with Crippen LogP contribution in [0.2, 0.25) is 0 Å². The maximum Gasteiger partial charge on any atom is 0.302 e. The largest absolute Gasteiger partial charge is 0.460 e. The van der Waals surface area contributed by atoms with Gasteiger partial charge in [-0.05, 0) is 121 Å². The zero-order valence-corrected chi connectivity index (χ0v) is 23.5. The molecular formula is C30H50N2O3. The van der Waals surface area contributed by atoms with Crippen molar-refractivity contribution in [2.75, 3.05) is 14.1 Å². The van der Waals surface area contributed by atoms with Gasteiger partial charge in [0, 0.05) is 25.0 Å². The molecule has 0 heterocycles. The van der Waals surface area contributed by atoms with Crippen LogP contribution in [0.15, 0.2) is 11.6 Å². The molecule has 0 aromatic carbocycles. The second kappa shape index (κ2) is 9.84. The second-order valence-corrected chi connectivity index (χ2v) is 13.4. The average molecular weight is 487 g/mol. The summed E-state index contributed by atoms with van der Waals surface area (Å²) in [5.41, 5.74) is 1.60. The van der Waals surface area contributed by atoms with E-state index in [0.29, 0.717) is 23.3 Å². The molecular weight excluding hydrogens is 436 g/mol. The number of amides is 1. The predicted octanol–water partition coefficient (Wildman–Crippen LogP) is 5.59. The number of rotatable bonds is 5. The van der Waals surface area contributed by atoms with Gasteiger partial charge in [-0.2, -0.15) is 0 Å². The average Bonchev–Trinajstić information content (AvgIpc) is 3.11. The van der Waals surface area contributed by atoms with Gasteiger partial charge in [-0.15, -0.1) is 0 Å². The van der Waals surface area contributed by atoms with Crippen LogP contribution in [0.3, 0.4) is 0 Å². The normalized spacial score (nSPS) is 43.4. The van der Waals surface area contributed by atoms with Crippen molar-refractivity contribution in [2.24, 2.45) is 40.4 Å². The van der Waals surface area contributed by atoms with Gasteiger partial charge in [0.2, 0.25) is 5.91 Å². The molecule has 1 amide bonds. The molecule has 4 saturated carbocycles. The topological polar surface area (TPSA) is 58.6 Å². The summed E-state index contributed by atoms with van der Waals surface area (Å²) in [4.78, 5) is 27.2. The van der Waals surface area contributed by atoms with E-state index in [4.69, 9.17) is 4.74 Å². The number of carbonyl (C=O) groups is 2. The lowest BCUT2D eigenvalue weighted by Crippen LogP contribution is -2.62. The quantitative estimate of drug-likeness (QED) is 0.407. The molecule has 5 nitrogen and oxygen atoms in total. The van der Waals surface area contributed by atoms with Gasteiger partial charge in [0.05, 0.1) is 6.04 Å². The van der Waals surface area contributed by atoms with E-state index < -0.39 is 0 Å². The van der Waals surface area contributed by atoms with E-state index in [1.807, 2.05) is 13.8 Å². The first-order valence-electron chi connectivity index (χ1n) is 14.2. The van der Waals surface area contributed by atoms with Crippen LogP contribution in [0.5, 0.6) is 0 Å². The highest BCUT2D eigenvalue weighted by Gasteiger charge is 2.62. The van der Waals surface area contributed by atoms with E-state index in [1.165, 1.54) is 39.0 Å². The molecule has 1 N–H and O–H groups in total. The van der Waals surface area contributed by atoms with Crippen molar-refractivity contribution in [1.82, 2.24) is 10.2 Å². The Morgan fingerprint density at radius 2 is 1.54 bits per heavy atom. The summed E-state index contributed by atoms with van der Waals surface area (Å²) in [6.07, 6.45) is 11.1. The number of nitrogens with one attached hydrogen (secondary N) is 1. The Balaban J connectivity index is 1.57. The third kappa shape index (κ3) is 4.71. The lowest BCUT2D eigenvalue weighted by molar-refractivity contribution is -0.180. The molecule has 0 aliphatic heterocycles. The van der Waals surface area contributed by atoms with Gasteiger partial charge < -0.3 is 15.0 Å². The summed E-state index contributed by atoms with van der Waals surface area (Å²) < 4.78 is 6.03. The first-order chi connectivity index (χ1) is 16.4. The van der Waals surface area contributed by atoms with Crippen LogP contribution < -0.4 is 5.32 Å². The smallest absolute Gasteiger partial charge is 0.302 e. The fraction of sp³-hybridized carbons (Fsp3) is 0.867. The van der Waals surface area contributed by atoms with E-state index in [2.05, 4.69) is 45.1 Å². The molecule has 5 unspecified atom stereocenters. The van der Waals surface area contributed by atoms with E-state index in [0.717, 1.165) is 42.6 Å². The molecule has 198 valence electrons. The Morgan fingerprint density at radius 1 is 0.914 bits per heavy atom. The fourth-order valence-corrected chi connectivity index (χ4v) is 9.50. The first kappa shape index (κ1) is 26.7. The molecule has 0 aromatic rings. The second-order valence-electron chi connectivity index (χ2n) is 13.4. The zero-order chi connectivity index (χ0) is 25.7. The summed E-state index contributed by atoms with van der Waals surface area (Å²) in [5.74, 6) is 3.10. The number of carbonyl (C=O) groups excluding carboxylic acids is 2. The van der Waals surface area contributed by atoms with Crippen LogP contribution in [0, 0.1) is 40.4 Å². The van der Waals surface area contributed by atoms with Gasteiger partial charge in [0.25, 0.3) is 0 Å². The molecule has 0 aromatic heterocycles. The van der Waals surface area contributed by atoms with Crippen molar-refractivity contribution in [2.45, 2.75) is 111 Å². The predicted molar refractivity (Wildman–Crippen MR) is 141 cm³/mol. The number of ether oxygens (including phenoxy) is 1. The lowest BCUT2D eigenvalue weighted by Gasteiger charge is -2.62. The van der Waals surface area contributed by atoms with Crippen LogP contribution >= 0.6 is 0 Å². The highest BCUT2D eigenvalue weighted by atomic mass is 16.5. The highest BCUT2D eigenvalue weighted by molar-refractivity contribution is 5.88. The Kier molecular flexibility index (Phi) is 7.50. The third-order valence-electron chi connectivity index (χ3n) is 11.2. The van der Waals surface area contributed by atoms with Crippen LogP contribution in [-0.2, 0) is 14.3 Å². The summed E-state index contributed by atoms with van der Waals surface area (Å²) in [6, 6.07) is 0.531. The monoisotopic (exact) mass is 486 g/mol. The standard InChI is InChI=1S/C30H50N2O3/c1-18(2)17-27(34)31-26-14-16-30(6)24-13-15-29(5)22(19(3)32(7)8)11-12-23(29)21(24)9-10-25(30)28(26)35-20(4)33/h17,19,21-26,28H,9-16H2,1-8H3,(H,31,34)/t19?,21?,22-,23?,24?,25?,26+,28-,29-,30-/m1/s1. The highest BCUT2D eigenvalue weighted by Crippen LogP contribution is 2.68. The van der Waals surface area contributed by atoms with E-state index >= 15 is 0 Å². The Morgan fingerprint density at radius 3 is 2.17 bits per heavy atom. The Hall–Kier alpha value is -1.36. The number of allylic oxidation sites excluding steroid dienone is 1. The Labute approximate surface area is 213 Å². The van der Waals surface area contributed by atoms with Gasteiger partial charge in [-0.25, -0.2) is 0 Å². The van der Waals surface area contributed by atoms with Crippen LogP contribution in [0.4, 0.5) is 0 Å².